The van der Waals surface area contributed by atoms with Crippen LogP contribution in [0.15, 0.2) is 71.6 Å². The molecule has 2 amide bonds. The Labute approximate surface area is 330 Å². The predicted octanol–water partition coefficient (Wildman–Crippen LogP) is 6.76. The van der Waals surface area contributed by atoms with Gasteiger partial charge in [0.05, 0.1) is 33.8 Å². The number of rotatable bonds is 15. The molecule has 3 N–H and O–H groups in total. The number of halogens is 1. The van der Waals surface area contributed by atoms with Crippen molar-refractivity contribution in [2.24, 2.45) is 0 Å². The van der Waals surface area contributed by atoms with Crippen LogP contribution < -0.4 is 30.9 Å². The van der Waals surface area contributed by atoms with Crippen molar-refractivity contribution in [3.63, 3.8) is 0 Å². The van der Waals surface area contributed by atoms with Gasteiger partial charge in [0.2, 0.25) is 18.3 Å². The number of methoxy groups -OCH3 is 1. The molecule has 1 atom stereocenters. The lowest BCUT2D eigenvalue weighted by atomic mass is 9.95. The van der Waals surface area contributed by atoms with Gasteiger partial charge in [-0.3, -0.25) is 29.8 Å². The fourth-order valence-corrected chi connectivity index (χ4v) is 8.56. The minimum absolute atomic E-state index is 0.238. The van der Waals surface area contributed by atoms with Crippen LogP contribution in [0, 0.1) is 6.92 Å². The van der Waals surface area contributed by atoms with E-state index in [1.54, 1.807) is 39.0 Å². The second-order valence-corrected chi connectivity index (χ2v) is 18.2. The molecule has 1 fully saturated rings. The van der Waals surface area contributed by atoms with Gasteiger partial charge in [0, 0.05) is 69.5 Å². The van der Waals surface area contributed by atoms with Crippen molar-refractivity contribution in [2.75, 3.05) is 68.7 Å². The lowest BCUT2D eigenvalue weighted by Gasteiger charge is -2.37. The molecule has 1 aliphatic rings. The number of piperazine rings is 1. The highest BCUT2D eigenvalue weighted by atomic mass is 79.9. The molecule has 3 aromatic carbocycles. The van der Waals surface area contributed by atoms with E-state index in [9.17, 15) is 14.2 Å². The second-order valence-electron chi connectivity index (χ2n) is 14.2. The zero-order chi connectivity index (χ0) is 39.1. The summed E-state index contributed by atoms with van der Waals surface area (Å²) in [5.74, 6) is 1.55. The van der Waals surface area contributed by atoms with Crippen molar-refractivity contribution in [3.8, 4) is 5.75 Å². The molecule has 0 bridgehead atoms. The van der Waals surface area contributed by atoms with E-state index in [1.807, 2.05) is 12.1 Å². The van der Waals surface area contributed by atoms with Crippen molar-refractivity contribution in [1.82, 2.24) is 30.2 Å². The van der Waals surface area contributed by atoms with Crippen LogP contribution in [0.25, 0.3) is 11.0 Å². The first-order chi connectivity index (χ1) is 26.4. The Hall–Kier alpha value is -4.91. The summed E-state index contributed by atoms with van der Waals surface area (Å²) < 4.78 is 19.9. The highest BCUT2D eigenvalue weighted by Gasteiger charge is 2.24. The van der Waals surface area contributed by atoms with Gasteiger partial charge < -0.3 is 24.8 Å². The molecule has 288 valence electrons. The number of carbonyl (C=O) groups excluding carboxylic acids is 2. The summed E-state index contributed by atoms with van der Waals surface area (Å²) in [5, 5.41) is 9.52. The van der Waals surface area contributed by atoms with Crippen molar-refractivity contribution in [2.45, 2.75) is 39.0 Å². The van der Waals surface area contributed by atoms with E-state index in [0.717, 1.165) is 56.1 Å². The van der Waals surface area contributed by atoms with Crippen LogP contribution in [0.2, 0.25) is 0 Å². The third kappa shape index (κ3) is 9.86. The zero-order valence-electron chi connectivity index (χ0n) is 31.8. The third-order valence-electron chi connectivity index (χ3n) is 9.92. The van der Waals surface area contributed by atoms with E-state index < -0.39 is 7.14 Å². The first-order valence-electron chi connectivity index (χ1n) is 18.3. The molecule has 1 unspecified atom stereocenters. The molecular weight excluding hydrogens is 781 g/mol. The minimum atomic E-state index is -2.76. The molecule has 13 nitrogen and oxygen atoms in total. The largest absolute Gasteiger partial charge is 0.494 e. The summed E-state index contributed by atoms with van der Waals surface area (Å²) in [6.07, 6.45) is 7.33. The molecular formula is C40H47BrN9O4P. The molecule has 0 spiro atoms. The topological polar surface area (TPSA) is 155 Å². The van der Waals surface area contributed by atoms with E-state index in [1.165, 1.54) is 11.1 Å². The molecule has 15 heteroatoms. The predicted molar refractivity (Wildman–Crippen MR) is 223 cm³/mol. The number of aryl methyl sites for hydroxylation is 1. The van der Waals surface area contributed by atoms with Gasteiger partial charge in [-0.25, -0.2) is 4.98 Å². The number of amides is 2. The number of nitrogens with zero attached hydrogens (tertiary/aromatic N) is 6. The van der Waals surface area contributed by atoms with E-state index in [4.69, 9.17) is 9.72 Å². The van der Waals surface area contributed by atoms with Crippen LogP contribution in [0.5, 0.6) is 5.75 Å². The van der Waals surface area contributed by atoms with Crippen molar-refractivity contribution in [1.29, 1.82) is 0 Å². The number of hydrogen-bond donors (Lipinski definition) is 3. The number of aromatic nitrogens is 4. The number of benzene rings is 3. The number of ether oxygens (including phenoxy) is 1. The molecule has 1 aliphatic heterocycles. The summed E-state index contributed by atoms with van der Waals surface area (Å²) in [6.45, 7) is 12.4. The van der Waals surface area contributed by atoms with E-state index >= 15 is 0 Å². The Morgan fingerprint density at radius 3 is 2.45 bits per heavy atom. The summed E-state index contributed by atoms with van der Waals surface area (Å²) in [4.78, 5) is 45.2. The maximum atomic E-state index is 13.4. The van der Waals surface area contributed by atoms with E-state index in [2.05, 4.69) is 107 Å². The fraction of sp³-hybridized carbons (Fsp3) is 0.350. The first-order valence-corrected chi connectivity index (χ1v) is 21.7. The third-order valence-corrected chi connectivity index (χ3v) is 12.0. The van der Waals surface area contributed by atoms with Crippen LogP contribution in [0.1, 0.15) is 42.4 Å². The number of fused-ring (bicyclic) bond motifs is 1. The lowest BCUT2D eigenvalue weighted by molar-refractivity contribution is -0.125. The molecule has 0 aliphatic carbocycles. The zero-order valence-corrected chi connectivity index (χ0v) is 34.3. The van der Waals surface area contributed by atoms with Crippen LogP contribution in [-0.2, 0) is 20.6 Å². The first kappa shape index (κ1) is 39.8. The molecule has 5 aromatic rings. The standard InChI is InChI=1S/C40H47BrN9O4P/c1-26(6-13-36(52)45-25-51)29-9-7-28(8-10-29)14-17-49-18-20-50(21-19-49)34-23-35(54-3)33(22-27(34)2)47-40-44-24-30(41)39(48-40)46-32-12-11-31-37(43-16-15-42-31)38(32)55(4,5)53/h7-12,15-16,22-26H,6,13-14,17-21H2,1-5H3,(H,45,51,52)(H2,44,46,47,48). The van der Waals surface area contributed by atoms with Gasteiger partial charge in [-0.15, -0.1) is 0 Å². The van der Waals surface area contributed by atoms with Gasteiger partial charge in [0.1, 0.15) is 24.2 Å². The van der Waals surface area contributed by atoms with Crippen LogP contribution in [-0.4, -0.2) is 90.3 Å². The molecule has 2 aromatic heterocycles. The normalized spacial score (nSPS) is 14.0. The smallest absolute Gasteiger partial charge is 0.229 e. The van der Waals surface area contributed by atoms with Crippen molar-refractivity contribution < 1.29 is 18.9 Å². The average Bonchev–Trinajstić information content (AvgIpc) is 3.17. The molecule has 0 saturated carbocycles. The van der Waals surface area contributed by atoms with Gasteiger partial charge in [0.25, 0.3) is 0 Å². The van der Waals surface area contributed by atoms with E-state index in [-0.39, 0.29) is 11.8 Å². The highest BCUT2D eigenvalue weighted by molar-refractivity contribution is 9.10. The highest BCUT2D eigenvalue weighted by Crippen LogP contribution is 2.41. The summed E-state index contributed by atoms with van der Waals surface area (Å²) in [5.41, 5.74) is 7.38. The van der Waals surface area contributed by atoms with Crippen LogP contribution in [0.3, 0.4) is 0 Å². The molecule has 0 radical (unpaired) electrons. The minimum Gasteiger partial charge on any atom is -0.494 e. The number of anilines is 5. The Bertz CT molecular complexity index is 2210. The number of imide groups is 1. The van der Waals surface area contributed by atoms with Gasteiger partial charge in [-0.1, -0.05) is 31.2 Å². The Kier molecular flexibility index (Phi) is 12.8. The SMILES string of the molecule is COc1cc(N2CCN(CCc3ccc(C(C)CCC(=O)NC=O)cc3)CC2)c(C)cc1Nc1ncc(Br)c(Nc2ccc3nccnc3c2P(C)(C)=O)n1. The maximum Gasteiger partial charge on any atom is 0.229 e. The second kappa shape index (κ2) is 17.7. The molecule has 1 saturated heterocycles. The molecule has 6 rings (SSSR count). The maximum absolute atomic E-state index is 13.4. The van der Waals surface area contributed by atoms with Gasteiger partial charge in [0.15, 0.2) is 0 Å². The Morgan fingerprint density at radius 1 is 1.00 bits per heavy atom. The number of carbonyl (C=O) groups is 2. The molecule has 55 heavy (non-hydrogen) atoms. The van der Waals surface area contributed by atoms with Crippen LogP contribution >= 0.6 is 23.1 Å². The van der Waals surface area contributed by atoms with Crippen molar-refractivity contribution >= 4 is 80.6 Å². The quantitative estimate of drug-likeness (QED) is 0.0755. The van der Waals surface area contributed by atoms with Crippen LogP contribution in [0.4, 0.5) is 28.8 Å². The number of hydrogen-bond acceptors (Lipinski definition) is 12. The lowest BCUT2D eigenvalue weighted by Crippen LogP contribution is -2.47. The summed E-state index contributed by atoms with van der Waals surface area (Å²) >= 11 is 3.57. The Balaban J connectivity index is 1.07. The van der Waals surface area contributed by atoms with Gasteiger partial charge >= 0.3 is 0 Å². The van der Waals surface area contributed by atoms with Gasteiger partial charge in [-0.05, 0) is 89.8 Å². The summed E-state index contributed by atoms with van der Waals surface area (Å²) in [7, 11) is -1.10. The monoisotopic (exact) mass is 827 g/mol. The fourth-order valence-electron chi connectivity index (χ4n) is 6.88. The summed E-state index contributed by atoms with van der Waals surface area (Å²) in [6, 6.07) is 16.5. The van der Waals surface area contributed by atoms with Gasteiger partial charge in [-0.2, -0.15) is 4.98 Å². The van der Waals surface area contributed by atoms with Crippen molar-refractivity contribution in [3.05, 3.63) is 88.3 Å². The average molecular weight is 829 g/mol. The number of nitrogens with one attached hydrogen (secondary N) is 3. The van der Waals surface area contributed by atoms with E-state index in [0.29, 0.717) is 63.3 Å². The Morgan fingerprint density at radius 2 is 1.75 bits per heavy atom. The molecule has 3 heterocycles.